The molecule has 1 N–H and O–H groups in total. The van der Waals surface area contributed by atoms with Crippen LogP contribution in [0.25, 0.3) is 0 Å². The molecule has 0 fully saturated rings. The fraction of sp³-hybridized carbons (Fsp3) is 0.750. The maximum absolute atomic E-state index is 10.4. The number of hydrogen-bond acceptors (Lipinski definition) is 5. The van der Waals surface area contributed by atoms with Crippen molar-refractivity contribution in [1.82, 2.24) is 15.0 Å². The van der Waals surface area contributed by atoms with Crippen molar-refractivity contribution in [3.63, 3.8) is 0 Å². The van der Waals surface area contributed by atoms with E-state index < -0.39 is 5.97 Å². The topological polar surface area (TPSA) is 79.5 Å². The molecule has 0 atom stereocenters. The maximum Gasteiger partial charge on any atom is 0.303 e. The van der Waals surface area contributed by atoms with Crippen LogP contribution in [0.15, 0.2) is 4.52 Å². The van der Waals surface area contributed by atoms with E-state index in [9.17, 15) is 4.79 Å². The van der Waals surface area contributed by atoms with Gasteiger partial charge in [-0.2, -0.15) is 4.98 Å². The zero-order chi connectivity index (χ0) is 13.8. The molecule has 0 aliphatic carbocycles. The molecule has 0 aliphatic rings. The summed E-state index contributed by atoms with van der Waals surface area (Å²) in [7, 11) is 1.91. The normalized spacial score (nSPS) is 12.1. The number of rotatable bonds is 6. The Morgan fingerprint density at radius 3 is 2.61 bits per heavy atom. The first kappa shape index (κ1) is 14.6. The van der Waals surface area contributed by atoms with Gasteiger partial charge in [-0.05, 0) is 20.0 Å². The Labute approximate surface area is 107 Å². The number of nitrogens with zero attached hydrogens (tertiary/aromatic N) is 3. The molecular weight excluding hydrogens is 234 g/mol. The lowest BCUT2D eigenvalue weighted by Gasteiger charge is -2.13. The van der Waals surface area contributed by atoms with Crippen molar-refractivity contribution in [1.29, 1.82) is 0 Å². The molecule has 102 valence electrons. The molecule has 0 amide bonds. The maximum atomic E-state index is 10.4. The monoisotopic (exact) mass is 255 g/mol. The summed E-state index contributed by atoms with van der Waals surface area (Å²) in [6, 6.07) is 0. The molecule has 1 rings (SSSR count). The van der Waals surface area contributed by atoms with Crippen molar-refractivity contribution in [2.24, 2.45) is 0 Å². The van der Waals surface area contributed by atoms with Crippen molar-refractivity contribution in [2.45, 2.75) is 45.6 Å². The highest BCUT2D eigenvalue weighted by Crippen LogP contribution is 2.18. The zero-order valence-electron chi connectivity index (χ0n) is 11.4. The van der Waals surface area contributed by atoms with Gasteiger partial charge in [-0.3, -0.25) is 9.69 Å². The minimum atomic E-state index is -0.767. The van der Waals surface area contributed by atoms with Gasteiger partial charge in [-0.15, -0.1) is 0 Å². The minimum Gasteiger partial charge on any atom is -0.481 e. The van der Waals surface area contributed by atoms with Crippen LogP contribution >= 0.6 is 0 Å². The first-order chi connectivity index (χ1) is 8.29. The number of carboxylic acids is 1. The summed E-state index contributed by atoms with van der Waals surface area (Å²) in [4.78, 5) is 16.7. The fourth-order valence-electron chi connectivity index (χ4n) is 1.43. The number of aliphatic carboxylic acids is 1. The molecule has 6 heteroatoms. The molecule has 1 aromatic rings. The average Bonchev–Trinajstić information content (AvgIpc) is 2.64. The Kier molecular flexibility index (Phi) is 4.84. The Balaban J connectivity index is 2.42. The Bertz CT molecular complexity index is 396. The van der Waals surface area contributed by atoms with Gasteiger partial charge in [-0.1, -0.05) is 25.9 Å². The largest absolute Gasteiger partial charge is 0.481 e. The SMILES string of the molecule is CN(CCCC(=O)O)Cc1nc(C(C)(C)C)no1. The average molecular weight is 255 g/mol. The lowest BCUT2D eigenvalue weighted by Crippen LogP contribution is -2.20. The summed E-state index contributed by atoms with van der Waals surface area (Å²) in [5, 5.41) is 12.5. The van der Waals surface area contributed by atoms with E-state index in [-0.39, 0.29) is 11.8 Å². The minimum absolute atomic E-state index is 0.121. The van der Waals surface area contributed by atoms with Crippen LogP contribution in [0.2, 0.25) is 0 Å². The zero-order valence-corrected chi connectivity index (χ0v) is 11.4. The second-order valence-electron chi connectivity index (χ2n) is 5.50. The Morgan fingerprint density at radius 2 is 2.11 bits per heavy atom. The highest BCUT2D eigenvalue weighted by Gasteiger charge is 2.21. The molecular formula is C12H21N3O3. The molecule has 0 radical (unpaired) electrons. The van der Waals surface area contributed by atoms with Gasteiger partial charge in [0.2, 0.25) is 5.89 Å². The van der Waals surface area contributed by atoms with Gasteiger partial charge in [-0.25, -0.2) is 0 Å². The van der Waals surface area contributed by atoms with E-state index in [1.807, 2.05) is 32.7 Å². The molecule has 0 saturated carbocycles. The van der Waals surface area contributed by atoms with Crippen LogP contribution < -0.4 is 0 Å². The number of hydrogen-bond donors (Lipinski definition) is 1. The summed E-state index contributed by atoms with van der Waals surface area (Å²) in [5.74, 6) is 0.491. The second kappa shape index (κ2) is 5.95. The first-order valence-electron chi connectivity index (χ1n) is 6.02. The van der Waals surface area contributed by atoms with Crippen LogP contribution in [-0.2, 0) is 16.8 Å². The Hall–Kier alpha value is -1.43. The molecule has 0 spiro atoms. The number of carbonyl (C=O) groups is 1. The van der Waals surface area contributed by atoms with Crippen LogP contribution in [0.3, 0.4) is 0 Å². The summed E-state index contributed by atoms with van der Waals surface area (Å²) >= 11 is 0. The molecule has 1 aromatic heterocycles. The van der Waals surface area contributed by atoms with Crippen molar-refractivity contribution < 1.29 is 14.4 Å². The van der Waals surface area contributed by atoms with Crippen LogP contribution in [0.1, 0.15) is 45.3 Å². The van der Waals surface area contributed by atoms with Gasteiger partial charge in [0.1, 0.15) is 0 Å². The van der Waals surface area contributed by atoms with E-state index in [4.69, 9.17) is 9.63 Å². The quantitative estimate of drug-likeness (QED) is 0.832. The van der Waals surface area contributed by atoms with Gasteiger partial charge < -0.3 is 9.63 Å². The lowest BCUT2D eigenvalue weighted by atomic mass is 9.96. The van der Waals surface area contributed by atoms with Crippen molar-refractivity contribution in [3.05, 3.63) is 11.7 Å². The molecule has 0 saturated heterocycles. The smallest absolute Gasteiger partial charge is 0.303 e. The van der Waals surface area contributed by atoms with Crippen LogP contribution in [0, 0.1) is 0 Å². The molecule has 1 heterocycles. The highest BCUT2D eigenvalue weighted by atomic mass is 16.5. The second-order valence-corrected chi connectivity index (χ2v) is 5.50. The molecule has 18 heavy (non-hydrogen) atoms. The predicted molar refractivity (Wildman–Crippen MR) is 66.2 cm³/mol. The van der Waals surface area contributed by atoms with Crippen LogP contribution in [-0.4, -0.2) is 39.7 Å². The molecule has 0 aliphatic heterocycles. The summed E-state index contributed by atoms with van der Waals surface area (Å²) < 4.78 is 5.17. The summed E-state index contributed by atoms with van der Waals surface area (Å²) in [6.45, 7) is 7.32. The van der Waals surface area contributed by atoms with Gasteiger partial charge in [0.05, 0.1) is 6.54 Å². The van der Waals surface area contributed by atoms with Gasteiger partial charge >= 0.3 is 5.97 Å². The highest BCUT2D eigenvalue weighted by molar-refractivity contribution is 5.66. The van der Waals surface area contributed by atoms with E-state index >= 15 is 0 Å². The third-order valence-corrected chi connectivity index (χ3v) is 2.47. The van der Waals surface area contributed by atoms with E-state index in [1.165, 1.54) is 0 Å². The van der Waals surface area contributed by atoms with Crippen molar-refractivity contribution in [3.8, 4) is 0 Å². The third-order valence-electron chi connectivity index (χ3n) is 2.47. The van der Waals surface area contributed by atoms with Crippen LogP contribution in [0.5, 0.6) is 0 Å². The summed E-state index contributed by atoms with van der Waals surface area (Å²) in [5.41, 5.74) is -0.121. The first-order valence-corrected chi connectivity index (χ1v) is 6.02. The fourth-order valence-corrected chi connectivity index (χ4v) is 1.43. The molecule has 0 aromatic carbocycles. The molecule has 0 unspecified atom stereocenters. The molecule has 6 nitrogen and oxygen atoms in total. The van der Waals surface area contributed by atoms with E-state index in [1.54, 1.807) is 0 Å². The standard InChI is InChI=1S/C12H21N3O3/c1-12(2,3)11-13-9(18-14-11)8-15(4)7-5-6-10(16)17/h5-8H2,1-4H3,(H,16,17). The number of carboxylic acid groups (broad SMARTS) is 1. The van der Waals surface area contributed by atoms with E-state index in [0.29, 0.717) is 31.2 Å². The lowest BCUT2D eigenvalue weighted by molar-refractivity contribution is -0.137. The van der Waals surface area contributed by atoms with E-state index in [0.717, 1.165) is 0 Å². The van der Waals surface area contributed by atoms with Crippen molar-refractivity contribution in [2.75, 3.05) is 13.6 Å². The Morgan fingerprint density at radius 1 is 1.44 bits per heavy atom. The third kappa shape index (κ3) is 4.83. The van der Waals surface area contributed by atoms with Gasteiger partial charge in [0.15, 0.2) is 5.82 Å². The number of aromatic nitrogens is 2. The van der Waals surface area contributed by atoms with Crippen LogP contribution in [0.4, 0.5) is 0 Å². The van der Waals surface area contributed by atoms with E-state index in [2.05, 4.69) is 10.1 Å². The molecule has 0 bridgehead atoms. The van der Waals surface area contributed by atoms with Gasteiger partial charge in [0, 0.05) is 11.8 Å². The van der Waals surface area contributed by atoms with Crippen molar-refractivity contribution >= 4 is 5.97 Å². The summed E-state index contributed by atoms with van der Waals surface area (Å²) in [6.07, 6.45) is 0.799. The van der Waals surface area contributed by atoms with Gasteiger partial charge in [0.25, 0.3) is 0 Å². The predicted octanol–water partition coefficient (Wildman–Crippen LogP) is 1.66.